The van der Waals surface area contributed by atoms with Crippen LogP contribution in [0.4, 0.5) is 5.69 Å². The summed E-state index contributed by atoms with van der Waals surface area (Å²) in [6.45, 7) is 0. The summed E-state index contributed by atoms with van der Waals surface area (Å²) in [5.41, 5.74) is 0.395. The fraction of sp³-hybridized carbons (Fsp3) is 0.500. The fourth-order valence-corrected chi connectivity index (χ4v) is 2.66. The molecule has 0 bridgehead atoms. The standard InChI is InChI=1S/C16H22N2O5/c1-21-12-8-11(9-13(22-2)14(12)23-3)18-16(20)15(19)17-10-6-4-5-7-10/h8-10H,4-7H2,1-3H3,(H,17,19)(H,18,20). The fourth-order valence-electron chi connectivity index (χ4n) is 2.66. The molecule has 1 saturated carbocycles. The lowest BCUT2D eigenvalue weighted by atomic mass is 10.2. The van der Waals surface area contributed by atoms with Crippen molar-refractivity contribution in [3.63, 3.8) is 0 Å². The van der Waals surface area contributed by atoms with E-state index in [2.05, 4.69) is 10.6 Å². The molecular weight excluding hydrogens is 300 g/mol. The molecule has 2 amide bonds. The Bertz CT molecular complexity index is 557. The van der Waals surface area contributed by atoms with Gasteiger partial charge in [0.1, 0.15) is 0 Å². The van der Waals surface area contributed by atoms with Crippen molar-refractivity contribution >= 4 is 17.5 Å². The van der Waals surface area contributed by atoms with Crippen molar-refractivity contribution in [1.82, 2.24) is 5.32 Å². The zero-order chi connectivity index (χ0) is 16.8. The van der Waals surface area contributed by atoms with E-state index in [9.17, 15) is 9.59 Å². The van der Waals surface area contributed by atoms with Crippen LogP contribution in [0.3, 0.4) is 0 Å². The zero-order valence-electron chi connectivity index (χ0n) is 13.6. The van der Waals surface area contributed by atoms with Crippen LogP contribution in [0, 0.1) is 0 Å². The zero-order valence-corrected chi connectivity index (χ0v) is 13.6. The van der Waals surface area contributed by atoms with Crippen molar-refractivity contribution in [2.75, 3.05) is 26.6 Å². The predicted molar refractivity (Wildman–Crippen MR) is 85.1 cm³/mol. The highest BCUT2D eigenvalue weighted by Crippen LogP contribution is 2.39. The maximum Gasteiger partial charge on any atom is 0.313 e. The summed E-state index contributed by atoms with van der Waals surface area (Å²) in [5.74, 6) is -0.128. The van der Waals surface area contributed by atoms with Crippen molar-refractivity contribution < 1.29 is 23.8 Å². The van der Waals surface area contributed by atoms with E-state index in [0.29, 0.717) is 22.9 Å². The Morgan fingerprint density at radius 2 is 1.52 bits per heavy atom. The van der Waals surface area contributed by atoms with Crippen LogP contribution in [0.1, 0.15) is 25.7 Å². The lowest BCUT2D eigenvalue weighted by molar-refractivity contribution is -0.136. The van der Waals surface area contributed by atoms with E-state index in [1.54, 1.807) is 12.1 Å². The molecule has 0 saturated heterocycles. The third-order valence-corrected chi connectivity index (χ3v) is 3.82. The first-order valence-corrected chi connectivity index (χ1v) is 7.51. The molecule has 126 valence electrons. The van der Waals surface area contributed by atoms with Crippen molar-refractivity contribution in [3.8, 4) is 17.2 Å². The Kier molecular flexibility index (Phi) is 5.67. The number of anilines is 1. The van der Waals surface area contributed by atoms with E-state index in [0.717, 1.165) is 25.7 Å². The highest BCUT2D eigenvalue weighted by atomic mass is 16.5. The van der Waals surface area contributed by atoms with Crippen LogP contribution in [0.2, 0.25) is 0 Å². The topological polar surface area (TPSA) is 85.9 Å². The number of amides is 2. The molecule has 0 radical (unpaired) electrons. The van der Waals surface area contributed by atoms with Crippen LogP contribution in [0.5, 0.6) is 17.2 Å². The second-order valence-electron chi connectivity index (χ2n) is 5.32. The van der Waals surface area contributed by atoms with Gasteiger partial charge < -0.3 is 24.8 Å². The van der Waals surface area contributed by atoms with Crippen LogP contribution >= 0.6 is 0 Å². The highest BCUT2D eigenvalue weighted by Gasteiger charge is 2.22. The lowest BCUT2D eigenvalue weighted by Crippen LogP contribution is -2.40. The molecule has 1 aliphatic carbocycles. The minimum Gasteiger partial charge on any atom is -0.493 e. The van der Waals surface area contributed by atoms with Gasteiger partial charge in [-0.15, -0.1) is 0 Å². The molecule has 0 spiro atoms. The quantitative estimate of drug-likeness (QED) is 0.806. The average Bonchev–Trinajstić information content (AvgIpc) is 3.06. The number of carbonyl (C=O) groups excluding carboxylic acids is 2. The predicted octanol–water partition coefficient (Wildman–Crippen LogP) is 1.71. The van der Waals surface area contributed by atoms with Gasteiger partial charge >= 0.3 is 11.8 Å². The summed E-state index contributed by atoms with van der Waals surface area (Å²) < 4.78 is 15.6. The van der Waals surface area contributed by atoms with Gasteiger partial charge in [-0.1, -0.05) is 12.8 Å². The van der Waals surface area contributed by atoms with Gasteiger partial charge in [-0.05, 0) is 12.8 Å². The number of methoxy groups -OCH3 is 3. The van der Waals surface area contributed by atoms with Gasteiger partial charge in [0, 0.05) is 23.9 Å². The van der Waals surface area contributed by atoms with Crippen LogP contribution < -0.4 is 24.8 Å². The Labute approximate surface area is 135 Å². The molecule has 7 nitrogen and oxygen atoms in total. The SMILES string of the molecule is COc1cc(NC(=O)C(=O)NC2CCCC2)cc(OC)c1OC. The molecule has 0 unspecified atom stereocenters. The van der Waals surface area contributed by atoms with E-state index in [1.165, 1.54) is 21.3 Å². The number of benzene rings is 1. The third kappa shape index (κ3) is 4.06. The summed E-state index contributed by atoms with van der Waals surface area (Å²) >= 11 is 0. The molecule has 1 aromatic rings. The van der Waals surface area contributed by atoms with E-state index in [-0.39, 0.29) is 6.04 Å². The molecular formula is C16H22N2O5. The molecule has 0 atom stereocenters. The second kappa shape index (κ2) is 7.71. The number of rotatable bonds is 5. The average molecular weight is 322 g/mol. The summed E-state index contributed by atoms with van der Waals surface area (Å²) in [6, 6.07) is 3.23. The molecule has 0 aromatic heterocycles. The number of carbonyl (C=O) groups is 2. The maximum absolute atomic E-state index is 12.0. The summed E-state index contributed by atoms with van der Waals surface area (Å²) in [4.78, 5) is 23.9. The monoisotopic (exact) mass is 322 g/mol. The Hall–Kier alpha value is -2.44. The number of ether oxygens (including phenoxy) is 3. The van der Waals surface area contributed by atoms with Crippen LogP contribution in [0.15, 0.2) is 12.1 Å². The van der Waals surface area contributed by atoms with Gasteiger partial charge in [0.05, 0.1) is 21.3 Å². The van der Waals surface area contributed by atoms with E-state index < -0.39 is 11.8 Å². The third-order valence-electron chi connectivity index (χ3n) is 3.82. The summed E-state index contributed by atoms with van der Waals surface area (Å²) in [5, 5.41) is 5.29. The van der Waals surface area contributed by atoms with Gasteiger partial charge in [0.15, 0.2) is 11.5 Å². The largest absolute Gasteiger partial charge is 0.493 e. The minimum atomic E-state index is -0.717. The molecule has 0 heterocycles. The molecule has 23 heavy (non-hydrogen) atoms. The van der Waals surface area contributed by atoms with Gasteiger partial charge in [-0.25, -0.2) is 0 Å². The highest BCUT2D eigenvalue weighted by molar-refractivity contribution is 6.39. The van der Waals surface area contributed by atoms with Crippen LogP contribution in [-0.2, 0) is 9.59 Å². The van der Waals surface area contributed by atoms with Gasteiger partial charge in [0.2, 0.25) is 5.75 Å². The van der Waals surface area contributed by atoms with Crippen LogP contribution in [-0.4, -0.2) is 39.2 Å². The van der Waals surface area contributed by atoms with Crippen molar-refractivity contribution in [2.24, 2.45) is 0 Å². The van der Waals surface area contributed by atoms with Gasteiger partial charge in [-0.2, -0.15) is 0 Å². The molecule has 7 heteroatoms. The van der Waals surface area contributed by atoms with E-state index >= 15 is 0 Å². The molecule has 1 fully saturated rings. The number of hydrogen-bond donors (Lipinski definition) is 2. The second-order valence-corrected chi connectivity index (χ2v) is 5.32. The van der Waals surface area contributed by atoms with Crippen molar-refractivity contribution in [1.29, 1.82) is 0 Å². The first kappa shape index (κ1) is 16.9. The summed E-state index contributed by atoms with van der Waals surface area (Å²) in [6.07, 6.45) is 4.01. The minimum absolute atomic E-state index is 0.0909. The molecule has 0 aliphatic heterocycles. The van der Waals surface area contributed by atoms with Gasteiger partial charge in [0.25, 0.3) is 0 Å². The Balaban J connectivity index is 2.09. The van der Waals surface area contributed by atoms with Crippen molar-refractivity contribution in [2.45, 2.75) is 31.7 Å². The van der Waals surface area contributed by atoms with Crippen molar-refractivity contribution in [3.05, 3.63) is 12.1 Å². The first-order chi connectivity index (χ1) is 11.1. The normalized spacial score (nSPS) is 14.2. The first-order valence-electron chi connectivity index (χ1n) is 7.51. The molecule has 2 N–H and O–H groups in total. The van der Waals surface area contributed by atoms with Gasteiger partial charge in [-0.3, -0.25) is 9.59 Å². The molecule has 1 aromatic carbocycles. The number of nitrogens with one attached hydrogen (secondary N) is 2. The molecule has 1 aliphatic rings. The Morgan fingerprint density at radius 1 is 0.957 bits per heavy atom. The number of hydrogen-bond acceptors (Lipinski definition) is 5. The molecule has 2 rings (SSSR count). The summed E-state index contributed by atoms with van der Waals surface area (Å²) in [7, 11) is 4.46. The maximum atomic E-state index is 12.0. The van der Waals surface area contributed by atoms with E-state index in [4.69, 9.17) is 14.2 Å². The van der Waals surface area contributed by atoms with E-state index in [1.807, 2.05) is 0 Å². The lowest BCUT2D eigenvalue weighted by Gasteiger charge is -2.15. The van der Waals surface area contributed by atoms with Crippen LogP contribution in [0.25, 0.3) is 0 Å². The Morgan fingerprint density at radius 3 is 2.00 bits per heavy atom. The smallest absolute Gasteiger partial charge is 0.313 e.